The second-order valence-corrected chi connectivity index (χ2v) is 15.2. The Morgan fingerprint density at radius 1 is 0.682 bits per heavy atom. The van der Waals surface area contributed by atoms with Gasteiger partial charge in [0, 0.05) is 15.8 Å². The van der Waals surface area contributed by atoms with E-state index in [0.29, 0.717) is 0 Å². The summed E-state index contributed by atoms with van der Waals surface area (Å²) in [4.78, 5) is 0. The van der Waals surface area contributed by atoms with Crippen molar-refractivity contribution in [3.63, 3.8) is 0 Å². The van der Waals surface area contributed by atoms with Crippen molar-refractivity contribution >= 4 is 15.8 Å². The van der Waals surface area contributed by atoms with E-state index in [2.05, 4.69) is 55.4 Å². The number of hydrogen-bond donors (Lipinski definition) is 0. The maximum atomic E-state index is 2.44. The van der Waals surface area contributed by atoms with Gasteiger partial charge in [0.05, 0.1) is 22.6 Å². The molecule has 0 radical (unpaired) electrons. The van der Waals surface area contributed by atoms with Crippen molar-refractivity contribution in [2.24, 2.45) is 0 Å². The van der Waals surface area contributed by atoms with Crippen LogP contribution in [-0.4, -0.2) is 28.5 Å². The minimum atomic E-state index is -0.121. The topological polar surface area (TPSA) is 0 Å². The van der Waals surface area contributed by atoms with Gasteiger partial charge >= 0.3 is 17.1 Å². The second kappa shape index (κ2) is 15.3. The van der Waals surface area contributed by atoms with Crippen molar-refractivity contribution in [2.45, 2.75) is 78.0 Å². The summed E-state index contributed by atoms with van der Waals surface area (Å²) in [7, 11) is -0.243. The van der Waals surface area contributed by atoms with Crippen LogP contribution in [0.5, 0.6) is 0 Å². The molecule has 0 nitrogen and oxygen atoms in total. The first-order chi connectivity index (χ1) is 9.27. The van der Waals surface area contributed by atoms with Crippen molar-refractivity contribution in [2.75, 3.05) is 5.90 Å². The molecule has 1 rings (SSSR count). The summed E-state index contributed by atoms with van der Waals surface area (Å²) >= 11 is 0. The molecule has 1 aromatic carbocycles. The van der Waals surface area contributed by atoms with E-state index in [1.54, 1.807) is 5.90 Å². The van der Waals surface area contributed by atoms with Crippen molar-refractivity contribution < 1.29 is 17.1 Å². The molecule has 0 N–H and O–H groups in total. The molecule has 1 aromatic rings. The monoisotopic (exact) mass is 386 g/mol. The molecule has 0 fully saturated rings. The van der Waals surface area contributed by atoms with Crippen LogP contribution in [0.25, 0.3) is 0 Å². The van der Waals surface area contributed by atoms with Crippen LogP contribution in [0.2, 0.25) is 0 Å². The molecule has 128 valence electrons. The number of rotatable bonds is 6. The predicted molar refractivity (Wildman–Crippen MR) is 110 cm³/mol. The largest absolute Gasteiger partial charge is 6.00 e. The van der Waals surface area contributed by atoms with Gasteiger partial charge in [-0.2, -0.15) is 18.2 Å². The zero-order chi connectivity index (χ0) is 15.7. The molecule has 0 unspecified atom stereocenters. The van der Waals surface area contributed by atoms with E-state index in [4.69, 9.17) is 0 Å². The van der Waals surface area contributed by atoms with E-state index < -0.39 is 0 Å². The fraction of sp³-hybridized carbons (Fsp3) is 0.684. The van der Waals surface area contributed by atoms with Gasteiger partial charge in [-0.05, 0) is 55.4 Å². The van der Waals surface area contributed by atoms with Gasteiger partial charge in [-0.15, -0.1) is 0 Å². The molecular weight excluding hydrogens is 346 g/mol. The summed E-state index contributed by atoms with van der Waals surface area (Å²) in [5.74, 6) is 1.61. The van der Waals surface area contributed by atoms with Gasteiger partial charge < -0.3 is 7.43 Å². The molecule has 3 heteroatoms. The summed E-state index contributed by atoms with van der Waals surface area (Å²) in [5.41, 5.74) is 3.81. The van der Waals surface area contributed by atoms with Gasteiger partial charge in [0.2, 0.25) is 0 Å². The summed E-state index contributed by atoms with van der Waals surface area (Å²) < 4.78 is 0. The summed E-state index contributed by atoms with van der Waals surface area (Å²) in [6, 6.07) is 10.0. The van der Waals surface area contributed by atoms with Crippen LogP contribution in [0.15, 0.2) is 30.3 Å². The van der Waals surface area contributed by atoms with E-state index in [-0.39, 0.29) is 40.3 Å². The molecule has 0 saturated carbocycles. The second-order valence-electron chi connectivity index (χ2n) is 6.91. The molecule has 0 atom stereocenters. The van der Waals surface area contributed by atoms with E-state index in [9.17, 15) is 0 Å². The van der Waals surface area contributed by atoms with Crippen LogP contribution >= 0.6 is 15.8 Å². The van der Waals surface area contributed by atoms with Gasteiger partial charge in [0.1, 0.15) is 0 Å². The summed E-state index contributed by atoms with van der Waals surface area (Å²) in [5, 5.41) is 0. The van der Waals surface area contributed by atoms with Gasteiger partial charge in [-0.3, -0.25) is 0 Å². The van der Waals surface area contributed by atoms with Crippen molar-refractivity contribution in [1.29, 1.82) is 0 Å². The smallest absolute Gasteiger partial charge is 0.358 e. The van der Waals surface area contributed by atoms with Gasteiger partial charge in [-0.1, -0.05) is 0 Å². The predicted octanol–water partition coefficient (Wildman–Crippen LogP) is 6.86. The van der Waals surface area contributed by atoms with E-state index in [0.717, 1.165) is 22.6 Å². The van der Waals surface area contributed by atoms with Crippen LogP contribution in [0.4, 0.5) is 0 Å². The minimum Gasteiger partial charge on any atom is -0.358 e. The average molecular weight is 386 g/mol. The molecular formula is C19H40FeP2+6. The Balaban J connectivity index is -0.000000436. The van der Waals surface area contributed by atoms with Crippen molar-refractivity contribution in [1.82, 2.24) is 0 Å². The van der Waals surface area contributed by atoms with Crippen molar-refractivity contribution in [3.8, 4) is 0 Å². The molecule has 0 aliphatic carbocycles. The zero-order valence-corrected chi connectivity index (χ0v) is 19.4. The maximum absolute atomic E-state index is 2.44. The Bertz CT molecular complexity index is 254. The van der Waals surface area contributed by atoms with Gasteiger partial charge in [0.25, 0.3) is 0 Å². The third-order valence-electron chi connectivity index (χ3n) is 3.93. The Morgan fingerprint density at radius 3 is 1.09 bits per heavy atom. The van der Waals surface area contributed by atoms with Crippen LogP contribution < -0.4 is 0 Å². The Kier molecular flexibility index (Phi) is 19.1. The molecule has 0 amide bonds. The van der Waals surface area contributed by atoms with Crippen LogP contribution in [-0.2, 0) is 17.1 Å². The van der Waals surface area contributed by atoms with E-state index in [1.165, 1.54) is 0 Å². The molecule has 0 spiro atoms. The Hall–Kier alpha value is 0.729. The normalized spacial score (nSPS) is 10.8. The van der Waals surface area contributed by atoms with Crippen molar-refractivity contribution in [3.05, 3.63) is 37.8 Å². The Labute approximate surface area is 154 Å². The van der Waals surface area contributed by atoms with Gasteiger partial charge in [0.15, 0.2) is 5.90 Å². The molecule has 0 saturated heterocycles. The van der Waals surface area contributed by atoms with Crippen LogP contribution in [0.3, 0.4) is 0 Å². The Morgan fingerprint density at radius 2 is 0.955 bits per heavy atom. The number of hydrogen-bond acceptors (Lipinski definition) is 0. The van der Waals surface area contributed by atoms with Gasteiger partial charge in [-0.25, -0.2) is 12.1 Å². The fourth-order valence-electron chi connectivity index (χ4n) is 2.71. The minimum absolute atomic E-state index is 0. The summed E-state index contributed by atoms with van der Waals surface area (Å²) in [6.07, 6.45) is 0. The van der Waals surface area contributed by atoms with E-state index >= 15 is 0 Å². The average Bonchev–Trinajstić information content (AvgIpc) is 2.85. The first-order valence-corrected chi connectivity index (χ1v) is 11.9. The molecule has 0 aliphatic heterocycles. The molecule has 0 bridgehead atoms. The van der Waals surface area contributed by atoms with E-state index in [1.807, 2.05) is 30.3 Å². The molecule has 22 heavy (non-hydrogen) atoms. The maximum Gasteiger partial charge on any atom is 6.00 e. The zero-order valence-electron chi connectivity index (χ0n) is 16.3. The van der Waals surface area contributed by atoms with Crippen LogP contribution in [0.1, 0.15) is 55.4 Å². The quantitative estimate of drug-likeness (QED) is 0.285. The standard InChI is InChI=1S/C13H30P2.C5H5.CH3.Fe/c1-10(2)14(11(3)4)9-15(12(5)6)13(7)8;1-2-4-5-3-1;;/h10-13H,9H2,1-8H3;1-5H;1H3;/q;2*-1;+6/p+2. The summed E-state index contributed by atoms with van der Waals surface area (Å²) in [6.45, 7) is 19.5. The first-order valence-electron chi connectivity index (χ1n) is 8.15. The molecule has 0 aromatic heterocycles. The first kappa shape index (κ1) is 27.6. The third-order valence-corrected chi connectivity index (χ3v) is 13.1. The molecule has 0 heterocycles. The SMILES string of the molecule is CC(C)[PH+](C[PH+](C(C)C)C(C)C)C(C)C.[CH3-].[Fe+6].c1cc[cH-]c1. The third kappa shape index (κ3) is 12.2. The fourth-order valence-corrected chi connectivity index (χ4v) is 13.8. The van der Waals surface area contributed by atoms with Crippen LogP contribution in [0, 0.1) is 7.43 Å². The molecule has 0 aliphatic rings.